The van der Waals surface area contributed by atoms with E-state index in [2.05, 4.69) is 15.6 Å². The van der Waals surface area contributed by atoms with Crippen LogP contribution in [0.5, 0.6) is 0 Å². The van der Waals surface area contributed by atoms with Gasteiger partial charge in [0.25, 0.3) is 5.91 Å². The maximum Gasteiger partial charge on any atom is 0.251 e. The molecule has 3 heterocycles. The van der Waals surface area contributed by atoms with Crippen molar-refractivity contribution in [3.05, 3.63) is 48.3 Å². The van der Waals surface area contributed by atoms with Gasteiger partial charge >= 0.3 is 0 Å². The number of amides is 2. The molecular weight excluding hydrogens is 400 g/mol. The summed E-state index contributed by atoms with van der Waals surface area (Å²) in [5.74, 6) is -0.723. The Balaban J connectivity index is 1.38. The van der Waals surface area contributed by atoms with Crippen molar-refractivity contribution in [3.63, 3.8) is 0 Å². The number of thiazole rings is 1. The number of nitrogens with zero attached hydrogens (tertiary/aromatic N) is 2. The van der Waals surface area contributed by atoms with E-state index in [4.69, 9.17) is 0 Å². The molecule has 1 saturated heterocycles. The summed E-state index contributed by atoms with van der Waals surface area (Å²) in [7, 11) is -3.06. The van der Waals surface area contributed by atoms with Crippen LogP contribution in [0.4, 0.5) is 0 Å². The number of fused-ring (bicyclic) bond motifs is 1. The fraction of sp³-hybridized carbons (Fsp3) is 0.278. The molecule has 1 fully saturated rings. The van der Waals surface area contributed by atoms with Crippen LogP contribution in [0.2, 0.25) is 0 Å². The van der Waals surface area contributed by atoms with Gasteiger partial charge in [-0.2, -0.15) is 0 Å². The van der Waals surface area contributed by atoms with Crippen LogP contribution in [-0.2, 0) is 14.6 Å². The summed E-state index contributed by atoms with van der Waals surface area (Å²) in [6.07, 6.45) is 4.22. The maximum atomic E-state index is 12.4. The Morgan fingerprint density at radius 3 is 2.75 bits per heavy atom. The Morgan fingerprint density at radius 2 is 2.04 bits per heavy atom. The summed E-state index contributed by atoms with van der Waals surface area (Å²) in [4.78, 5) is 28.9. The lowest BCUT2D eigenvalue weighted by Crippen LogP contribution is -2.42. The minimum atomic E-state index is -3.06. The van der Waals surface area contributed by atoms with E-state index in [1.165, 1.54) is 11.3 Å². The summed E-state index contributed by atoms with van der Waals surface area (Å²) < 4.78 is 25.6. The highest BCUT2D eigenvalue weighted by Gasteiger charge is 2.28. The number of rotatable bonds is 5. The molecule has 3 aromatic rings. The molecule has 1 aliphatic heterocycles. The Bertz CT molecular complexity index is 1140. The fourth-order valence-corrected chi connectivity index (χ4v) is 5.72. The monoisotopic (exact) mass is 418 g/mol. The fourth-order valence-electron chi connectivity index (χ4n) is 3.08. The quantitative estimate of drug-likeness (QED) is 0.645. The van der Waals surface area contributed by atoms with Gasteiger partial charge in [0, 0.05) is 24.0 Å². The van der Waals surface area contributed by atoms with Crippen molar-refractivity contribution in [1.29, 1.82) is 0 Å². The van der Waals surface area contributed by atoms with Crippen molar-refractivity contribution in [1.82, 2.24) is 20.2 Å². The highest BCUT2D eigenvalue weighted by atomic mass is 32.2. The number of hydrogen-bond donors (Lipinski definition) is 2. The molecule has 146 valence electrons. The largest absolute Gasteiger partial charge is 0.351 e. The summed E-state index contributed by atoms with van der Waals surface area (Å²) >= 11 is 1.47. The first-order valence-corrected chi connectivity index (χ1v) is 11.4. The highest BCUT2D eigenvalue weighted by molar-refractivity contribution is 7.91. The second-order valence-electron chi connectivity index (χ2n) is 6.62. The standard InChI is InChI=1S/C18H18N4O4S2/c23-16(20-13-5-8-28(25,26)11-13)10-19-17(24)12-3-4-14-15(9-12)27-18(21-14)22-6-1-2-7-22/h1-4,6-7,9,13H,5,8,10-11H2,(H,19,24)(H,20,23)/t13-/m0/s1. The highest BCUT2D eigenvalue weighted by Crippen LogP contribution is 2.26. The van der Waals surface area contributed by atoms with Crippen LogP contribution in [0.1, 0.15) is 16.8 Å². The number of hydrogen-bond acceptors (Lipinski definition) is 6. The molecule has 2 N–H and O–H groups in total. The van der Waals surface area contributed by atoms with Crippen molar-refractivity contribution in [2.75, 3.05) is 18.1 Å². The zero-order valence-corrected chi connectivity index (χ0v) is 16.4. The molecule has 4 rings (SSSR count). The third kappa shape index (κ3) is 4.07. The van der Waals surface area contributed by atoms with E-state index in [1.807, 2.05) is 29.1 Å². The van der Waals surface area contributed by atoms with Crippen molar-refractivity contribution >= 4 is 43.2 Å². The molecule has 1 aliphatic rings. The van der Waals surface area contributed by atoms with E-state index in [9.17, 15) is 18.0 Å². The lowest BCUT2D eigenvalue weighted by molar-refractivity contribution is -0.120. The number of carbonyl (C=O) groups excluding carboxylic acids is 2. The van der Waals surface area contributed by atoms with Gasteiger partial charge in [-0.1, -0.05) is 11.3 Å². The van der Waals surface area contributed by atoms with E-state index in [1.54, 1.807) is 18.2 Å². The van der Waals surface area contributed by atoms with Gasteiger partial charge in [-0.3, -0.25) is 9.59 Å². The topological polar surface area (TPSA) is 110 Å². The summed E-state index contributed by atoms with van der Waals surface area (Å²) in [5, 5.41) is 6.03. The molecule has 1 aromatic carbocycles. The zero-order chi connectivity index (χ0) is 19.7. The third-order valence-electron chi connectivity index (χ3n) is 4.47. The number of carbonyl (C=O) groups is 2. The molecular formula is C18H18N4O4S2. The lowest BCUT2D eigenvalue weighted by Gasteiger charge is -2.11. The first kappa shape index (κ1) is 18.6. The Morgan fingerprint density at radius 1 is 1.25 bits per heavy atom. The molecule has 10 heteroatoms. The van der Waals surface area contributed by atoms with E-state index >= 15 is 0 Å². The molecule has 8 nitrogen and oxygen atoms in total. The Hall–Kier alpha value is -2.72. The average molecular weight is 419 g/mol. The smallest absolute Gasteiger partial charge is 0.251 e. The second-order valence-corrected chi connectivity index (χ2v) is 9.86. The van der Waals surface area contributed by atoms with Crippen LogP contribution in [0, 0.1) is 0 Å². The predicted octanol–water partition coefficient (Wildman–Crippen LogP) is 1.12. The number of benzene rings is 1. The van der Waals surface area contributed by atoms with Crippen molar-refractivity contribution in [2.24, 2.45) is 0 Å². The number of nitrogens with one attached hydrogen (secondary N) is 2. The van der Waals surface area contributed by atoms with E-state index in [0.717, 1.165) is 15.3 Å². The van der Waals surface area contributed by atoms with E-state index < -0.39 is 15.7 Å². The van der Waals surface area contributed by atoms with Crippen molar-refractivity contribution < 1.29 is 18.0 Å². The lowest BCUT2D eigenvalue weighted by atomic mass is 10.2. The summed E-state index contributed by atoms with van der Waals surface area (Å²) in [6.45, 7) is -0.204. The van der Waals surface area contributed by atoms with Gasteiger partial charge in [-0.25, -0.2) is 13.4 Å². The normalized spacial score (nSPS) is 18.2. The van der Waals surface area contributed by atoms with Gasteiger partial charge in [-0.15, -0.1) is 0 Å². The molecule has 0 saturated carbocycles. The molecule has 0 spiro atoms. The molecule has 0 aliphatic carbocycles. The summed E-state index contributed by atoms with van der Waals surface area (Å²) in [6, 6.07) is 8.63. The number of sulfone groups is 1. The minimum absolute atomic E-state index is 0.0432. The first-order chi connectivity index (χ1) is 13.4. The maximum absolute atomic E-state index is 12.4. The van der Waals surface area contributed by atoms with E-state index in [0.29, 0.717) is 12.0 Å². The van der Waals surface area contributed by atoms with Crippen LogP contribution in [0.25, 0.3) is 15.3 Å². The zero-order valence-electron chi connectivity index (χ0n) is 14.8. The van der Waals surface area contributed by atoms with Gasteiger partial charge in [-0.05, 0) is 36.8 Å². The van der Waals surface area contributed by atoms with Crippen molar-refractivity contribution in [2.45, 2.75) is 12.5 Å². The SMILES string of the molecule is O=C(CNC(=O)c1ccc2nc(-n3cccc3)sc2c1)N[C@H]1CCS(=O)(=O)C1. The molecule has 0 bridgehead atoms. The Labute approximate surface area is 165 Å². The summed E-state index contributed by atoms with van der Waals surface area (Å²) in [5.41, 5.74) is 1.23. The van der Waals surface area contributed by atoms with Crippen LogP contribution in [-0.4, -0.2) is 53.9 Å². The van der Waals surface area contributed by atoms with Crippen LogP contribution >= 0.6 is 11.3 Å². The molecule has 2 aromatic heterocycles. The third-order valence-corrected chi connectivity index (χ3v) is 7.27. The van der Waals surface area contributed by atoms with Gasteiger partial charge < -0.3 is 15.2 Å². The van der Waals surface area contributed by atoms with Crippen LogP contribution in [0.3, 0.4) is 0 Å². The second kappa shape index (κ2) is 7.36. The van der Waals surface area contributed by atoms with Crippen LogP contribution < -0.4 is 10.6 Å². The van der Waals surface area contributed by atoms with Gasteiger partial charge in [0.15, 0.2) is 15.0 Å². The van der Waals surface area contributed by atoms with Gasteiger partial charge in [0.2, 0.25) is 5.91 Å². The number of aromatic nitrogens is 2. The first-order valence-electron chi connectivity index (χ1n) is 8.71. The molecule has 1 atom stereocenters. The van der Waals surface area contributed by atoms with E-state index in [-0.39, 0.29) is 30.0 Å². The van der Waals surface area contributed by atoms with Crippen molar-refractivity contribution in [3.8, 4) is 5.13 Å². The molecule has 2 amide bonds. The van der Waals surface area contributed by atoms with Crippen LogP contribution in [0.15, 0.2) is 42.7 Å². The molecule has 0 radical (unpaired) electrons. The Kier molecular flexibility index (Phi) is 4.90. The average Bonchev–Trinajstić information content (AvgIpc) is 3.38. The predicted molar refractivity (Wildman–Crippen MR) is 106 cm³/mol. The molecule has 0 unspecified atom stereocenters. The van der Waals surface area contributed by atoms with Gasteiger partial charge in [0.05, 0.1) is 28.3 Å². The minimum Gasteiger partial charge on any atom is -0.351 e. The molecule has 28 heavy (non-hydrogen) atoms. The van der Waals surface area contributed by atoms with Gasteiger partial charge in [0.1, 0.15) is 0 Å².